The van der Waals surface area contributed by atoms with Crippen LogP contribution in [-0.2, 0) is 0 Å². The quantitative estimate of drug-likeness (QED) is 0.740. The first kappa shape index (κ1) is 13.3. The number of pyridine rings is 1. The third-order valence-electron chi connectivity index (χ3n) is 2.77. The zero-order valence-corrected chi connectivity index (χ0v) is 12.9. The summed E-state index contributed by atoms with van der Waals surface area (Å²) >= 11 is 9.66. The zero-order chi connectivity index (χ0) is 14.1. The molecule has 2 heterocycles. The van der Waals surface area contributed by atoms with Crippen LogP contribution in [0.4, 0.5) is 11.5 Å². The van der Waals surface area contributed by atoms with Gasteiger partial charge in [0.1, 0.15) is 11.3 Å². The Morgan fingerprint density at radius 1 is 1.15 bits per heavy atom. The van der Waals surface area contributed by atoms with Crippen LogP contribution in [0, 0.1) is 6.92 Å². The number of aryl methyl sites for hydroxylation is 1. The topological polar surface area (TPSA) is 50.7 Å². The lowest BCUT2D eigenvalue weighted by Gasteiger charge is -2.10. The van der Waals surface area contributed by atoms with Gasteiger partial charge in [-0.1, -0.05) is 17.7 Å². The molecule has 0 radical (unpaired) electrons. The number of hydrogen-bond donors (Lipinski definition) is 1. The maximum atomic E-state index is 6.26. The van der Waals surface area contributed by atoms with Crippen LogP contribution < -0.4 is 5.32 Å². The van der Waals surface area contributed by atoms with Crippen molar-refractivity contribution in [1.82, 2.24) is 15.0 Å². The maximum Gasteiger partial charge on any atom is 0.160 e. The van der Waals surface area contributed by atoms with Gasteiger partial charge in [0.15, 0.2) is 5.82 Å². The molecule has 0 saturated heterocycles. The minimum Gasteiger partial charge on any atom is -0.337 e. The van der Waals surface area contributed by atoms with Crippen molar-refractivity contribution >= 4 is 50.1 Å². The van der Waals surface area contributed by atoms with Crippen LogP contribution in [-0.4, -0.2) is 15.0 Å². The van der Waals surface area contributed by atoms with E-state index >= 15 is 0 Å². The molecule has 0 saturated carbocycles. The van der Waals surface area contributed by atoms with E-state index in [1.165, 1.54) is 0 Å². The number of hydrogen-bond acceptors (Lipinski definition) is 4. The van der Waals surface area contributed by atoms with E-state index in [-0.39, 0.29) is 0 Å². The standard InChI is InChI=1S/C14H10BrClN4/c1-8-18-11-6-3-7-17-13(11)14(19-8)20-10-5-2-4-9(15)12(10)16/h2-7H,1H3,(H,18,19,20). The third kappa shape index (κ3) is 2.46. The molecule has 0 bridgehead atoms. The van der Waals surface area contributed by atoms with Gasteiger partial charge in [0, 0.05) is 10.7 Å². The zero-order valence-electron chi connectivity index (χ0n) is 10.6. The van der Waals surface area contributed by atoms with Crippen LogP contribution in [0.3, 0.4) is 0 Å². The van der Waals surface area contributed by atoms with Gasteiger partial charge in [0.05, 0.1) is 16.2 Å². The van der Waals surface area contributed by atoms with E-state index in [2.05, 4.69) is 36.2 Å². The van der Waals surface area contributed by atoms with Gasteiger partial charge in [-0.05, 0) is 47.1 Å². The minimum absolute atomic E-state index is 0.604. The molecule has 0 amide bonds. The number of benzene rings is 1. The van der Waals surface area contributed by atoms with Crippen molar-refractivity contribution in [3.8, 4) is 0 Å². The summed E-state index contributed by atoms with van der Waals surface area (Å²) in [5.74, 6) is 1.33. The van der Waals surface area contributed by atoms with Crippen LogP contribution in [0.25, 0.3) is 11.0 Å². The summed E-state index contributed by atoms with van der Waals surface area (Å²) in [6, 6.07) is 9.44. The van der Waals surface area contributed by atoms with Gasteiger partial charge in [-0.2, -0.15) is 0 Å². The first-order chi connectivity index (χ1) is 9.65. The van der Waals surface area contributed by atoms with E-state index in [0.717, 1.165) is 15.7 Å². The van der Waals surface area contributed by atoms with Gasteiger partial charge in [0.2, 0.25) is 0 Å². The molecule has 6 heteroatoms. The monoisotopic (exact) mass is 348 g/mol. The van der Waals surface area contributed by atoms with E-state index < -0.39 is 0 Å². The SMILES string of the molecule is Cc1nc(Nc2cccc(Br)c2Cl)c2ncccc2n1. The Morgan fingerprint density at radius 3 is 2.85 bits per heavy atom. The molecule has 1 N–H and O–H groups in total. The van der Waals surface area contributed by atoms with Crippen molar-refractivity contribution in [3.05, 3.63) is 51.8 Å². The predicted octanol–water partition coefficient (Wildman–Crippen LogP) is 4.49. The lowest BCUT2D eigenvalue weighted by molar-refractivity contribution is 1.08. The van der Waals surface area contributed by atoms with Crippen LogP contribution in [0.5, 0.6) is 0 Å². The average molecular weight is 350 g/mol. The number of aromatic nitrogens is 3. The second-order valence-corrected chi connectivity index (χ2v) is 5.45. The second kappa shape index (κ2) is 5.34. The highest BCUT2D eigenvalue weighted by Crippen LogP contribution is 2.32. The molecular formula is C14H10BrClN4. The smallest absolute Gasteiger partial charge is 0.160 e. The molecular weight excluding hydrogens is 340 g/mol. The van der Waals surface area contributed by atoms with Gasteiger partial charge in [-0.15, -0.1) is 0 Å². The Morgan fingerprint density at radius 2 is 2.00 bits per heavy atom. The Balaban J connectivity index is 2.13. The lowest BCUT2D eigenvalue weighted by atomic mass is 10.3. The first-order valence-corrected chi connectivity index (χ1v) is 7.12. The van der Waals surface area contributed by atoms with Gasteiger partial charge >= 0.3 is 0 Å². The minimum atomic E-state index is 0.604. The summed E-state index contributed by atoms with van der Waals surface area (Å²) in [5.41, 5.74) is 2.29. The van der Waals surface area contributed by atoms with E-state index in [4.69, 9.17) is 11.6 Å². The van der Waals surface area contributed by atoms with Gasteiger partial charge < -0.3 is 5.32 Å². The molecule has 0 aliphatic heterocycles. The lowest BCUT2D eigenvalue weighted by Crippen LogP contribution is -2.00. The highest BCUT2D eigenvalue weighted by molar-refractivity contribution is 9.10. The molecule has 0 spiro atoms. The molecule has 2 aromatic heterocycles. The predicted molar refractivity (Wildman–Crippen MR) is 84.5 cm³/mol. The fourth-order valence-electron chi connectivity index (χ4n) is 1.90. The number of anilines is 2. The first-order valence-electron chi connectivity index (χ1n) is 5.95. The van der Waals surface area contributed by atoms with Crippen molar-refractivity contribution < 1.29 is 0 Å². The van der Waals surface area contributed by atoms with Crippen molar-refractivity contribution in [2.24, 2.45) is 0 Å². The number of fused-ring (bicyclic) bond motifs is 1. The van der Waals surface area contributed by atoms with Crippen molar-refractivity contribution in [2.45, 2.75) is 6.92 Å². The molecule has 1 aromatic carbocycles. The molecule has 4 nitrogen and oxygen atoms in total. The van der Waals surface area contributed by atoms with Crippen molar-refractivity contribution in [1.29, 1.82) is 0 Å². The molecule has 0 aliphatic carbocycles. The second-order valence-electron chi connectivity index (χ2n) is 4.22. The summed E-state index contributed by atoms with van der Waals surface area (Å²) in [6.45, 7) is 1.85. The number of nitrogens with zero attached hydrogens (tertiary/aromatic N) is 3. The molecule has 0 aliphatic rings. The largest absolute Gasteiger partial charge is 0.337 e. The van der Waals surface area contributed by atoms with Gasteiger partial charge in [-0.3, -0.25) is 4.98 Å². The summed E-state index contributed by atoms with van der Waals surface area (Å²) in [5, 5.41) is 3.83. The molecule has 3 rings (SSSR count). The average Bonchev–Trinajstić information content (AvgIpc) is 2.43. The van der Waals surface area contributed by atoms with Crippen LogP contribution in [0.2, 0.25) is 5.02 Å². The summed E-state index contributed by atoms with van der Waals surface area (Å²) in [4.78, 5) is 13.1. The molecule has 0 atom stereocenters. The van der Waals surface area contributed by atoms with Crippen LogP contribution >= 0.6 is 27.5 Å². The Bertz CT molecular complexity index is 791. The molecule has 0 unspecified atom stereocenters. The summed E-state index contributed by atoms with van der Waals surface area (Å²) in [7, 11) is 0. The molecule has 3 aromatic rings. The summed E-state index contributed by atoms with van der Waals surface area (Å²) < 4.78 is 0.826. The third-order valence-corrected chi connectivity index (χ3v) is 4.07. The molecule has 0 fully saturated rings. The van der Waals surface area contributed by atoms with Crippen molar-refractivity contribution in [3.63, 3.8) is 0 Å². The Kier molecular flexibility index (Phi) is 3.54. The van der Waals surface area contributed by atoms with E-state index in [0.29, 0.717) is 22.2 Å². The van der Waals surface area contributed by atoms with Crippen molar-refractivity contribution in [2.75, 3.05) is 5.32 Å². The highest BCUT2D eigenvalue weighted by atomic mass is 79.9. The number of halogens is 2. The summed E-state index contributed by atoms with van der Waals surface area (Å²) in [6.07, 6.45) is 1.72. The Hall–Kier alpha value is -1.72. The maximum absolute atomic E-state index is 6.26. The van der Waals surface area contributed by atoms with Gasteiger partial charge in [0.25, 0.3) is 0 Å². The number of rotatable bonds is 2. The van der Waals surface area contributed by atoms with Gasteiger partial charge in [-0.25, -0.2) is 9.97 Å². The fraction of sp³-hybridized carbons (Fsp3) is 0.0714. The normalized spacial score (nSPS) is 10.8. The van der Waals surface area contributed by atoms with Crippen LogP contribution in [0.15, 0.2) is 41.0 Å². The van der Waals surface area contributed by atoms with E-state index in [1.807, 2.05) is 37.3 Å². The van der Waals surface area contributed by atoms with Crippen LogP contribution in [0.1, 0.15) is 5.82 Å². The van der Waals surface area contributed by atoms with E-state index in [1.54, 1.807) is 6.20 Å². The Labute approximate surface area is 129 Å². The fourth-order valence-corrected chi connectivity index (χ4v) is 2.44. The highest BCUT2D eigenvalue weighted by Gasteiger charge is 2.10. The number of nitrogens with one attached hydrogen (secondary N) is 1. The molecule has 100 valence electrons. The van der Waals surface area contributed by atoms with E-state index in [9.17, 15) is 0 Å². The molecule has 20 heavy (non-hydrogen) atoms.